The molecule has 0 aliphatic rings. The van der Waals surface area contributed by atoms with E-state index in [0.717, 1.165) is 18.2 Å². The van der Waals surface area contributed by atoms with Gasteiger partial charge in [0.15, 0.2) is 0 Å². The van der Waals surface area contributed by atoms with E-state index in [1.165, 1.54) is 23.2 Å². The summed E-state index contributed by atoms with van der Waals surface area (Å²) >= 11 is 0. The van der Waals surface area contributed by atoms with Gasteiger partial charge >= 0.3 is 0 Å². The molecule has 0 saturated heterocycles. The van der Waals surface area contributed by atoms with Crippen molar-refractivity contribution in [2.45, 2.75) is 20.0 Å². The van der Waals surface area contributed by atoms with Gasteiger partial charge in [0, 0.05) is 55.6 Å². The summed E-state index contributed by atoms with van der Waals surface area (Å²) < 4.78 is 20.4. The van der Waals surface area contributed by atoms with Crippen molar-refractivity contribution in [3.8, 4) is 0 Å². The number of halogens is 1. The van der Waals surface area contributed by atoms with Crippen molar-refractivity contribution in [1.82, 2.24) is 19.7 Å². The van der Waals surface area contributed by atoms with Crippen LogP contribution in [-0.4, -0.2) is 45.8 Å². The average molecular weight is 372 g/mol. The number of aromatic amines is 1. The monoisotopic (exact) mass is 372 g/mol. The fraction of sp³-hybridized carbons (Fsp3) is 0.316. The van der Waals surface area contributed by atoms with Crippen LogP contribution in [0.1, 0.15) is 22.8 Å². The SMILES string of the molecule is CCn1cc(CN(CCOC)C(=O)c2c[nH]c3ccc(F)cc3c2=O)cn1. The lowest BCUT2D eigenvalue weighted by molar-refractivity contribution is 0.0679. The zero-order chi connectivity index (χ0) is 19.4. The van der Waals surface area contributed by atoms with E-state index >= 15 is 0 Å². The van der Waals surface area contributed by atoms with Crippen molar-refractivity contribution in [1.29, 1.82) is 0 Å². The fourth-order valence-corrected chi connectivity index (χ4v) is 2.86. The van der Waals surface area contributed by atoms with E-state index in [1.807, 2.05) is 13.1 Å². The van der Waals surface area contributed by atoms with Gasteiger partial charge in [-0.1, -0.05) is 0 Å². The molecule has 8 heteroatoms. The van der Waals surface area contributed by atoms with E-state index in [2.05, 4.69) is 10.1 Å². The van der Waals surface area contributed by atoms with E-state index in [9.17, 15) is 14.0 Å². The molecule has 0 saturated carbocycles. The molecular weight excluding hydrogens is 351 g/mol. The van der Waals surface area contributed by atoms with E-state index in [-0.39, 0.29) is 10.9 Å². The number of rotatable bonds is 7. The van der Waals surface area contributed by atoms with Gasteiger partial charge in [-0.2, -0.15) is 5.10 Å². The summed E-state index contributed by atoms with van der Waals surface area (Å²) in [7, 11) is 1.55. The highest BCUT2D eigenvalue weighted by molar-refractivity contribution is 5.97. The van der Waals surface area contributed by atoms with Crippen molar-refractivity contribution in [2.75, 3.05) is 20.3 Å². The molecule has 0 unspecified atom stereocenters. The number of nitrogens with one attached hydrogen (secondary N) is 1. The highest BCUT2D eigenvalue weighted by Gasteiger charge is 2.21. The molecule has 0 aliphatic carbocycles. The summed E-state index contributed by atoms with van der Waals surface area (Å²) in [6.45, 7) is 3.63. The van der Waals surface area contributed by atoms with Gasteiger partial charge in [0.2, 0.25) is 5.43 Å². The number of carbonyl (C=O) groups is 1. The highest BCUT2D eigenvalue weighted by Crippen LogP contribution is 2.13. The average Bonchev–Trinajstić information content (AvgIpc) is 3.13. The quantitative estimate of drug-likeness (QED) is 0.689. The molecule has 0 atom stereocenters. The largest absolute Gasteiger partial charge is 0.383 e. The number of methoxy groups -OCH3 is 1. The molecule has 2 heterocycles. The molecule has 27 heavy (non-hydrogen) atoms. The number of ether oxygens (including phenoxy) is 1. The molecule has 142 valence electrons. The number of carbonyl (C=O) groups excluding carboxylic acids is 1. The third kappa shape index (κ3) is 4.06. The summed E-state index contributed by atoms with van der Waals surface area (Å²) in [6, 6.07) is 3.87. The van der Waals surface area contributed by atoms with Crippen LogP contribution in [0, 0.1) is 5.82 Å². The second-order valence-electron chi connectivity index (χ2n) is 6.15. The minimum atomic E-state index is -0.527. The van der Waals surface area contributed by atoms with Crippen molar-refractivity contribution in [3.63, 3.8) is 0 Å². The first kappa shape index (κ1) is 18.8. The van der Waals surface area contributed by atoms with Crippen LogP contribution in [0.25, 0.3) is 10.9 Å². The van der Waals surface area contributed by atoms with Crippen LogP contribution in [0.5, 0.6) is 0 Å². The Morgan fingerprint density at radius 2 is 2.22 bits per heavy atom. The second kappa shape index (κ2) is 8.13. The van der Waals surface area contributed by atoms with Crippen LogP contribution in [0.3, 0.4) is 0 Å². The Bertz CT molecular complexity index is 1010. The van der Waals surface area contributed by atoms with Gasteiger partial charge in [-0.05, 0) is 25.1 Å². The number of hydrogen-bond donors (Lipinski definition) is 1. The van der Waals surface area contributed by atoms with Crippen molar-refractivity contribution < 1.29 is 13.9 Å². The first-order valence-corrected chi connectivity index (χ1v) is 8.64. The van der Waals surface area contributed by atoms with Gasteiger partial charge in [-0.25, -0.2) is 4.39 Å². The smallest absolute Gasteiger partial charge is 0.259 e. The van der Waals surface area contributed by atoms with Gasteiger partial charge in [-0.15, -0.1) is 0 Å². The molecule has 0 radical (unpaired) electrons. The standard InChI is InChI=1S/C19H21FN4O3/c1-3-24-12-13(9-22-24)11-23(6-7-27-2)19(26)16-10-21-17-5-4-14(20)8-15(17)18(16)25/h4-5,8-10,12H,3,6-7,11H2,1-2H3,(H,21,25). The normalized spacial score (nSPS) is 11.1. The Morgan fingerprint density at radius 1 is 1.41 bits per heavy atom. The van der Waals surface area contributed by atoms with Crippen LogP contribution in [0.15, 0.2) is 41.6 Å². The molecule has 0 spiro atoms. The maximum atomic E-state index is 13.5. The van der Waals surface area contributed by atoms with Gasteiger partial charge in [0.05, 0.1) is 12.8 Å². The lowest BCUT2D eigenvalue weighted by Gasteiger charge is -2.21. The van der Waals surface area contributed by atoms with E-state index < -0.39 is 17.2 Å². The summed E-state index contributed by atoms with van der Waals surface area (Å²) in [5.41, 5.74) is 0.794. The van der Waals surface area contributed by atoms with Crippen molar-refractivity contribution in [2.24, 2.45) is 0 Å². The van der Waals surface area contributed by atoms with Crippen molar-refractivity contribution >= 4 is 16.8 Å². The fourth-order valence-electron chi connectivity index (χ4n) is 2.86. The summed E-state index contributed by atoms with van der Waals surface area (Å²) in [5, 5.41) is 4.35. The molecule has 3 aromatic rings. The summed E-state index contributed by atoms with van der Waals surface area (Å²) in [4.78, 5) is 30.2. The molecule has 7 nitrogen and oxygen atoms in total. The topological polar surface area (TPSA) is 80.2 Å². The molecule has 1 aromatic carbocycles. The lowest BCUT2D eigenvalue weighted by Crippen LogP contribution is -2.36. The summed E-state index contributed by atoms with van der Waals surface area (Å²) in [6.07, 6.45) is 4.92. The highest BCUT2D eigenvalue weighted by atomic mass is 19.1. The number of aryl methyl sites for hydroxylation is 1. The molecular formula is C19H21FN4O3. The molecule has 0 bridgehead atoms. The Hall–Kier alpha value is -3.00. The van der Waals surface area contributed by atoms with Crippen molar-refractivity contribution in [3.05, 3.63) is 64.0 Å². The first-order chi connectivity index (χ1) is 13.0. The Balaban J connectivity index is 1.94. The number of H-pyrrole nitrogens is 1. The van der Waals surface area contributed by atoms with Gasteiger partial charge in [-0.3, -0.25) is 14.3 Å². The first-order valence-electron chi connectivity index (χ1n) is 8.64. The minimum Gasteiger partial charge on any atom is -0.383 e. The number of hydrogen-bond acceptors (Lipinski definition) is 4. The predicted octanol–water partition coefficient (Wildman–Crippen LogP) is 2.17. The Kier molecular flexibility index (Phi) is 5.66. The maximum Gasteiger partial charge on any atom is 0.259 e. The van der Waals surface area contributed by atoms with Crippen LogP contribution in [0.4, 0.5) is 4.39 Å². The van der Waals surface area contributed by atoms with Crippen LogP contribution >= 0.6 is 0 Å². The number of pyridine rings is 1. The Morgan fingerprint density at radius 3 is 2.93 bits per heavy atom. The molecule has 2 aromatic heterocycles. The number of amides is 1. The number of fused-ring (bicyclic) bond motifs is 1. The zero-order valence-electron chi connectivity index (χ0n) is 15.2. The van der Waals surface area contributed by atoms with Crippen LogP contribution < -0.4 is 5.43 Å². The predicted molar refractivity (Wildman–Crippen MR) is 99.0 cm³/mol. The molecule has 3 rings (SSSR count). The van der Waals surface area contributed by atoms with E-state index in [0.29, 0.717) is 25.2 Å². The number of aromatic nitrogens is 3. The number of benzene rings is 1. The van der Waals surface area contributed by atoms with Gasteiger partial charge in [0.25, 0.3) is 5.91 Å². The van der Waals surface area contributed by atoms with Crippen LogP contribution in [0.2, 0.25) is 0 Å². The molecule has 1 N–H and O–H groups in total. The van der Waals surface area contributed by atoms with Gasteiger partial charge < -0.3 is 14.6 Å². The Labute approximate surface area is 155 Å². The minimum absolute atomic E-state index is 0.0351. The maximum absolute atomic E-state index is 13.5. The lowest BCUT2D eigenvalue weighted by atomic mass is 10.1. The second-order valence-corrected chi connectivity index (χ2v) is 6.15. The van der Waals surface area contributed by atoms with E-state index in [1.54, 1.807) is 18.0 Å². The molecule has 0 aliphatic heterocycles. The molecule has 0 fully saturated rings. The third-order valence-electron chi connectivity index (χ3n) is 4.31. The third-order valence-corrected chi connectivity index (χ3v) is 4.31. The number of nitrogens with zero attached hydrogens (tertiary/aromatic N) is 3. The zero-order valence-corrected chi connectivity index (χ0v) is 15.2. The van der Waals surface area contributed by atoms with Gasteiger partial charge in [0.1, 0.15) is 11.4 Å². The van der Waals surface area contributed by atoms with Crippen LogP contribution in [-0.2, 0) is 17.8 Å². The van der Waals surface area contributed by atoms with E-state index in [4.69, 9.17) is 4.74 Å². The molecule has 1 amide bonds. The summed E-state index contributed by atoms with van der Waals surface area (Å²) in [5.74, 6) is -0.968.